The van der Waals surface area contributed by atoms with Gasteiger partial charge in [-0.1, -0.05) is 6.92 Å². The summed E-state index contributed by atoms with van der Waals surface area (Å²) in [5, 5.41) is 0. The second-order valence-electron chi connectivity index (χ2n) is 5.26. The van der Waals surface area contributed by atoms with Gasteiger partial charge in [-0.3, -0.25) is 4.79 Å². The number of amides is 1. The van der Waals surface area contributed by atoms with Crippen LogP contribution in [0, 0.1) is 0 Å². The zero-order valence-electron chi connectivity index (χ0n) is 10.5. The number of likely N-dealkylation sites (N-methyl/N-ethyl adjacent to an activating group) is 2. The number of carbonyl (C=O) groups excluding carboxylic acids is 1. The minimum Gasteiger partial charge on any atom is -0.335 e. The molecule has 1 aliphatic rings. The van der Waals surface area contributed by atoms with Crippen molar-refractivity contribution in [3.8, 4) is 0 Å². The lowest BCUT2D eigenvalue weighted by molar-refractivity contribution is -0.862. The number of piperazine rings is 1. The van der Waals surface area contributed by atoms with Gasteiger partial charge in [-0.2, -0.15) is 0 Å². The molecule has 0 aromatic carbocycles. The molecule has 0 aromatic heterocycles. The summed E-state index contributed by atoms with van der Waals surface area (Å²) in [6, 6.07) is 0. The van der Waals surface area contributed by atoms with Gasteiger partial charge < -0.3 is 14.3 Å². The first kappa shape index (κ1) is 12.5. The highest BCUT2D eigenvalue weighted by Gasteiger charge is 2.24. The van der Waals surface area contributed by atoms with Crippen LogP contribution in [0.5, 0.6) is 0 Å². The molecule has 4 heteroatoms. The third-order valence-corrected chi connectivity index (χ3v) is 2.78. The molecule has 1 saturated heterocycles. The van der Waals surface area contributed by atoms with Crippen molar-refractivity contribution in [2.24, 2.45) is 0 Å². The molecule has 1 rings (SSSR count). The maximum Gasteiger partial charge on any atom is 0.277 e. The van der Waals surface area contributed by atoms with Gasteiger partial charge in [-0.25, -0.2) is 0 Å². The Morgan fingerprint density at radius 3 is 2.07 bits per heavy atom. The summed E-state index contributed by atoms with van der Waals surface area (Å²) < 4.78 is 0.715. The van der Waals surface area contributed by atoms with E-state index >= 15 is 0 Å². The summed E-state index contributed by atoms with van der Waals surface area (Å²) >= 11 is 0. The quantitative estimate of drug-likeness (QED) is 0.610. The monoisotopic (exact) mass is 214 g/mol. The van der Waals surface area contributed by atoms with Crippen molar-refractivity contribution in [2.45, 2.75) is 6.92 Å². The first-order valence-electron chi connectivity index (χ1n) is 5.73. The molecule has 0 aromatic rings. The lowest BCUT2D eigenvalue weighted by atomic mass is 10.3. The first-order valence-corrected chi connectivity index (χ1v) is 5.73. The Balaban J connectivity index is 2.37. The molecule has 1 aliphatic heterocycles. The molecule has 0 saturated carbocycles. The van der Waals surface area contributed by atoms with Crippen molar-refractivity contribution in [3.05, 3.63) is 0 Å². The second-order valence-corrected chi connectivity index (χ2v) is 5.26. The van der Waals surface area contributed by atoms with Gasteiger partial charge in [0.1, 0.15) is 0 Å². The molecule has 0 bridgehead atoms. The second kappa shape index (κ2) is 4.94. The molecule has 88 valence electrons. The highest BCUT2D eigenvalue weighted by atomic mass is 16.2. The Labute approximate surface area is 93.0 Å². The zero-order chi connectivity index (χ0) is 11.5. The predicted molar refractivity (Wildman–Crippen MR) is 61.6 cm³/mol. The average molecular weight is 214 g/mol. The van der Waals surface area contributed by atoms with E-state index in [1.54, 1.807) is 0 Å². The lowest BCUT2D eigenvalue weighted by Gasteiger charge is -2.35. The summed E-state index contributed by atoms with van der Waals surface area (Å²) in [5.41, 5.74) is 0. The van der Waals surface area contributed by atoms with Crippen LogP contribution in [-0.2, 0) is 4.79 Å². The minimum atomic E-state index is 0.290. The molecule has 0 unspecified atom stereocenters. The number of nitrogens with zero attached hydrogens (tertiary/aromatic N) is 3. The summed E-state index contributed by atoms with van der Waals surface area (Å²) in [4.78, 5) is 16.3. The molecular weight excluding hydrogens is 190 g/mol. The van der Waals surface area contributed by atoms with Crippen molar-refractivity contribution < 1.29 is 9.28 Å². The van der Waals surface area contributed by atoms with Gasteiger partial charge in [0.15, 0.2) is 6.54 Å². The van der Waals surface area contributed by atoms with E-state index in [1.165, 1.54) is 0 Å². The fourth-order valence-corrected chi connectivity index (χ4v) is 1.82. The molecule has 1 amide bonds. The van der Waals surface area contributed by atoms with Crippen molar-refractivity contribution in [1.29, 1.82) is 0 Å². The number of carbonyl (C=O) groups is 1. The van der Waals surface area contributed by atoms with Crippen LogP contribution in [-0.4, -0.2) is 80.6 Å². The fourth-order valence-electron chi connectivity index (χ4n) is 1.82. The van der Waals surface area contributed by atoms with E-state index in [-0.39, 0.29) is 0 Å². The third-order valence-electron chi connectivity index (χ3n) is 2.78. The summed E-state index contributed by atoms with van der Waals surface area (Å²) in [6.07, 6.45) is 0. The number of hydrogen-bond acceptors (Lipinski definition) is 2. The van der Waals surface area contributed by atoms with Crippen molar-refractivity contribution >= 4 is 5.91 Å². The molecule has 0 radical (unpaired) electrons. The Morgan fingerprint density at radius 2 is 1.67 bits per heavy atom. The van der Waals surface area contributed by atoms with E-state index in [2.05, 4.69) is 33.0 Å². The van der Waals surface area contributed by atoms with E-state index in [4.69, 9.17) is 0 Å². The molecular formula is C11H24N3O+. The Kier molecular flexibility index (Phi) is 4.11. The van der Waals surface area contributed by atoms with Gasteiger partial charge in [-0.15, -0.1) is 0 Å². The highest BCUT2D eigenvalue weighted by Crippen LogP contribution is 2.03. The van der Waals surface area contributed by atoms with Crippen LogP contribution < -0.4 is 0 Å². The normalized spacial score (nSPS) is 19.3. The maximum absolute atomic E-state index is 11.9. The molecule has 15 heavy (non-hydrogen) atoms. The van der Waals surface area contributed by atoms with Gasteiger partial charge in [0.25, 0.3) is 5.91 Å². The molecule has 0 N–H and O–H groups in total. The Bertz CT molecular complexity index is 214. The number of hydrogen-bond donors (Lipinski definition) is 0. The summed E-state index contributed by atoms with van der Waals surface area (Å²) in [7, 11) is 6.17. The van der Waals surface area contributed by atoms with Crippen LogP contribution in [0.3, 0.4) is 0 Å². The van der Waals surface area contributed by atoms with Crippen LogP contribution >= 0.6 is 0 Å². The Morgan fingerprint density at radius 1 is 1.13 bits per heavy atom. The summed E-state index contributed by atoms with van der Waals surface area (Å²) in [6.45, 7) is 7.71. The molecule has 1 heterocycles. The van der Waals surface area contributed by atoms with Gasteiger partial charge in [0, 0.05) is 26.2 Å². The molecule has 0 atom stereocenters. The summed E-state index contributed by atoms with van der Waals surface area (Å²) in [5.74, 6) is 0.290. The van der Waals surface area contributed by atoms with Crippen molar-refractivity contribution in [3.63, 3.8) is 0 Å². The highest BCUT2D eigenvalue weighted by molar-refractivity contribution is 5.77. The fraction of sp³-hybridized carbons (Fsp3) is 0.909. The first-order chi connectivity index (χ1) is 6.92. The van der Waals surface area contributed by atoms with Gasteiger partial charge in [0.2, 0.25) is 0 Å². The standard InChI is InChI=1S/C11H24N3O/c1-5-12-6-8-13(9-7-12)11(15)10-14(2,3)4/h5-10H2,1-4H3/q+1. The zero-order valence-corrected chi connectivity index (χ0v) is 10.5. The van der Waals surface area contributed by atoms with Crippen LogP contribution in [0.2, 0.25) is 0 Å². The third kappa shape index (κ3) is 4.18. The number of rotatable bonds is 3. The predicted octanol–water partition coefficient (Wildman–Crippen LogP) is -0.143. The molecule has 1 fully saturated rings. The topological polar surface area (TPSA) is 23.6 Å². The smallest absolute Gasteiger partial charge is 0.277 e. The van der Waals surface area contributed by atoms with Gasteiger partial charge in [-0.05, 0) is 6.54 Å². The van der Waals surface area contributed by atoms with Crippen LogP contribution in [0.1, 0.15) is 6.92 Å². The number of quaternary nitrogens is 1. The largest absolute Gasteiger partial charge is 0.335 e. The van der Waals surface area contributed by atoms with Crippen LogP contribution in [0.25, 0.3) is 0 Å². The minimum absolute atomic E-state index is 0.290. The van der Waals surface area contributed by atoms with Gasteiger partial charge >= 0.3 is 0 Å². The maximum atomic E-state index is 11.9. The van der Waals surface area contributed by atoms with E-state index in [0.717, 1.165) is 32.7 Å². The molecule has 4 nitrogen and oxygen atoms in total. The van der Waals surface area contributed by atoms with Crippen LogP contribution in [0.4, 0.5) is 0 Å². The van der Waals surface area contributed by atoms with Gasteiger partial charge in [0.05, 0.1) is 21.1 Å². The van der Waals surface area contributed by atoms with E-state index < -0.39 is 0 Å². The van der Waals surface area contributed by atoms with E-state index in [1.807, 2.05) is 4.90 Å². The lowest BCUT2D eigenvalue weighted by Crippen LogP contribution is -2.53. The van der Waals surface area contributed by atoms with Crippen LogP contribution in [0.15, 0.2) is 0 Å². The van der Waals surface area contributed by atoms with E-state index in [0.29, 0.717) is 16.9 Å². The SMILES string of the molecule is CCN1CCN(C(=O)C[N+](C)(C)C)CC1. The van der Waals surface area contributed by atoms with Crippen molar-refractivity contribution in [2.75, 3.05) is 60.4 Å². The molecule has 0 aliphatic carbocycles. The molecule has 0 spiro atoms. The Hall–Kier alpha value is -0.610. The average Bonchev–Trinajstić information content (AvgIpc) is 2.15. The van der Waals surface area contributed by atoms with Crippen molar-refractivity contribution in [1.82, 2.24) is 9.80 Å². The van der Waals surface area contributed by atoms with E-state index in [9.17, 15) is 4.79 Å².